The molecular formula is C16H16N2O2. The summed E-state index contributed by atoms with van der Waals surface area (Å²) in [6.07, 6.45) is 3.14. The normalized spacial score (nSPS) is 11.2. The van der Waals surface area contributed by atoms with Crippen molar-refractivity contribution in [3.63, 3.8) is 0 Å². The molecule has 0 saturated carbocycles. The Bertz CT molecular complexity index is 621. The lowest BCUT2D eigenvalue weighted by molar-refractivity contribution is 0.340. The van der Waals surface area contributed by atoms with Crippen LogP contribution in [0, 0.1) is 0 Å². The fourth-order valence-corrected chi connectivity index (χ4v) is 1.66. The second-order valence-electron chi connectivity index (χ2n) is 4.02. The Kier molecular flexibility index (Phi) is 4.89. The fraction of sp³-hybridized carbons (Fsp3) is 0.125. The van der Waals surface area contributed by atoms with Gasteiger partial charge in [0.2, 0.25) is 0 Å². The lowest BCUT2D eigenvalue weighted by Gasteiger charge is -2.04. The molecule has 0 radical (unpaired) electrons. The van der Waals surface area contributed by atoms with Crippen LogP contribution in [0.5, 0.6) is 11.5 Å². The molecule has 2 aromatic rings. The van der Waals surface area contributed by atoms with Gasteiger partial charge >= 0.3 is 0 Å². The summed E-state index contributed by atoms with van der Waals surface area (Å²) in [6.45, 7) is 2.54. The van der Waals surface area contributed by atoms with Crippen LogP contribution in [0.15, 0.2) is 58.7 Å². The van der Waals surface area contributed by atoms with Crippen LogP contribution in [0.25, 0.3) is 0 Å². The third-order valence-corrected chi connectivity index (χ3v) is 2.62. The zero-order chi connectivity index (χ0) is 14.2. The molecule has 4 nitrogen and oxygen atoms in total. The number of rotatable bonds is 5. The molecule has 0 saturated heterocycles. The molecule has 2 aromatic carbocycles. The molecule has 0 unspecified atom stereocenters. The Morgan fingerprint density at radius 2 is 1.55 bits per heavy atom. The fourth-order valence-electron chi connectivity index (χ4n) is 1.66. The van der Waals surface area contributed by atoms with Gasteiger partial charge in [0.05, 0.1) is 19.0 Å². The molecule has 1 N–H and O–H groups in total. The Morgan fingerprint density at radius 3 is 2.25 bits per heavy atom. The van der Waals surface area contributed by atoms with Crippen molar-refractivity contribution in [2.75, 3.05) is 6.61 Å². The zero-order valence-corrected chi connectivity index (χ0v) is 11.2. The first-order chi connectivity index (χ1) is 9.81. The van der Waals surface area contributed by atoms with Gasteiger partial charge in [0.15, 0.2) is 0 Å². The smallest absolute Gasteiger partial charge is 0.128 e. The molecule has 4 heteroatoms. The van der Waals surface area contributed by atoms with Crippen LogP contribution >= 0.6 is 0 Å². The highest BCUT2D eigenvalue weighted by molar-refractivity contribution is 5.86. The highest BCUT2D eigenvalue weighted by Crippen LogP contribution is 2.16. The SMILES string of the molecule is CCOc1ccccc1/C=N/N=C\c1ccccc1O. The number of hydrogen-bond donors (Lipinski definition) is 1. The topological polar surface area (TPSA) is 54.2 Å². The monoisotopic (exact) mass is 268 g/mol. The number of para-hydroxylation sites is 2. The molecule has 0 aliphatic rings. The Balaban J connectivity index is 2.09. The van der Waals surface area contributed by atoms with E-state index in [-0.39, 0.29) is 5.75 Å². The molecule has 0 fully saturated rings. The summed E-state index contributed by atoms with van der Waals surface area (Å²) >= 11 is 0. The Hall–Kier alpha value is -2.62. The van der Waals surface area contributed by atoms with Gasteiger partial charge in [0, 0.05) is 11.1 Å². The van der Waals surface area contributed by atoms with E-state index in [9.17, 15) is 5.11 Å². The predicted octanol–water partition coefficient (Wildman–Crippen LogP) is 3.24. The lowest BCUT2D eigenvalue weighted by atomic mass is 10.2. The van der Waals surface area contributed by atoms with E-state index >= 15 is 0 Å². The van der Waals surface area contributed by atoms with E-state index in [0.29, 0.717) is 12.2 Å². The standard InChI is InChI=1S/C16H16N2O2/c1-2-20-16-10-6-4-8-14(16)12-18-17-11-13-7-3-5-9-15(13)19/h3-12,19H,2H2,1H3/b17-11-,18-12+. The van der Waals surface area contributed by atoms with Crippen molar-refractivity contribution >= 4 is 12.4 Å². The lowest BCUT2D eigenvalue weighted by Crippen LogP contribution is -1.95. The number of benzene rings is 2. The van der Waals surface area contributed by atoms with Gasteiger partial charge in [-0.15, -0.1) is 0 Å². The maximum atomic E-state index is 9.58. The Labute approximate surface area is 118 Å². The van der Waals surface area contributed by atoms with Crippen LogP contribution < -0.4 is 4.74 Å². The molecule has 102 valence electrons. The van der Waals surface area contributed by atoms with Gasteiger partial charge in [-0.05, 0) is 31.2 Å². The first-order valence-corrected chi connectivity index (χ1v) is 6.37. The van der Waals surface area contributed by atoms with Crippen LogP contribution in [0.1, 0.15) is 18.1 Å². The highest BCUT2D eigenvalue weighted by atomic mass is 16.5. The molecule has 0 heterocycles. The second kappa shape index (κ2) is 7.09. The van der Waals surface area contributed by atoms with E-state index in [1.54, 1.807) is 24.4 Å². The van der Waals surface area contributed by atoms with E-state index in [0.717, 1.165) is 11.3 Å². The van der Waals surface area contributed by atoms with Gasteiger partial charge in [0.1, 0.15) is 11.5 Å². The number of aromatic hydroxyl groups is 1. The van der Waals surface area contributed by atoms with Crippen molar-refractivity contribution in [3.8, 4) is 11.5 Å². The maximum Gasteiger partial charge on any atom is 0.128 e. The summed E-state index contributed by atoms with van der Waals surface area (Å²) in [7, 11) is 0. The molecule has 0 aliphatic heterocycles. The van der Waals surface area contributed by atoms with Crippen molar-refractivity contribution in [1.82, 2.24) is 0 Å². The van der Waals surface area contributed by atoms with Crippen LogP contribution in [0.3, 0.4) is 0 Å². The number of nitrogens with zero attached hydrogens (tertiary/aromatic N) is 2. The average molecular weight is 268 g/mol. The second-order valence-corrected chi connectivity index (χ2v) is 4.02. The average Bonchev–Trinajstić information content (AvgIpc) is 2.47. The summed E-state index contributed by atoms with van der Waals surface area (Å²) < 4.78 is 5.49. The number of phenols is 1. The number of phenolic OH excluding ortho intramolecular Hbond substituents is 1. The van der Waals surface area contributed by atoms with Gasteiger partial charge in [-0.25, -0.2) is 0 Å². The van der Waals surface area contributed by atoms with E-state index in [1.807, 2.05) is 37.3 Å². The minimum absolute atomic E-state index is 0.182. The quantitative estimate of drug-likeness (QED) is 0.668. The third kappa shape index (κ3) is 3.68. The summed E-state index contributed by atoms with van der Waals surface area (Å²) in [5, 5.41) is 17.5. The van der Waals surface area contributed by atoms with E-state index in [4.69, 9.17) is 4.74 Å². The predicted molar refractivity (Wildman–Crippen MR) is 80.9 cm³/mol. The van der Waals surface area contributed by atoms with Crippen LogP contribution in [0.4, 0.5) is 0 Å². The molecule has 0 aliphatic carbocycles. The molecular weight excluding hydrogens is 252 g/mol. The van der Waals surface area contributed by atoms with Crippen molar-refractivity contribution in [3.05, 3.63) is 59.7 Å². The summed E-state index contributed by atoms with van der Waals surface area (Å²) in [6, 6.07) is 14.6. The van der Waals surface area contributed by atoms with E-state index in [2.05, 4.69) is 10.2 Å². The van der Waals surface area contributed by atoms with Crippen molar-refractivity contribution in [2.24, 2.45) is 10.2 Å². The van der Waals surface area contributed by atoms with Gasteiger partial charge in [-0.2, -0.15) is 10.2 Å². The molecule has 0 spiro atoms. The largest absolute Gasteiger partial charge is 0.507 e. The van der Waals surface area contributed by atoms with Crippen molar-refractivity contribution in [2.45, 2.75) is 6.92 Å². The molecule has 0 bridgehead atoms. The van der Waals surface area contributed by atoms with Gasteiger partial charge in [-0.1, -0.05) is 24.3 Å². The summed E-state index contributed by atoms with van der Waals surface area (Å²) in [5.74, 6) is 0.956. The van der Waals surface area contributed by atoms with Gasteiger partial charge in [-0.3, -0.25) is 0 Å². The van der Waals surface area contributed by atoms with E-state index in [1.165, 1.54) is 6.21 Å². The molecule has 0 amide bonds. The first kappa shape index (κ1) is 13.8. The minimum Gasteiger partial charge on any atom is -0.507 e. The molecule has 20 heavy (non-hydrogen) atoms. The highest BCUT2D eigenvalue weighted by Gasteiger charge is 1.98. The van der Waals surface area contributed by atoms with Crippen molar-refractivity contribution in [1.29, 1.82) is 0 Å². The van der Waals surface area contributed by atoms with Crippen LogP contribution in [-0.2, 0) is 0 Å². The summed E-state index contributed by atoms with van der Waals surface area (Å²) in [5.41, 5.74) is 1.49. The van der Waals surface area contributed by atoms with Crippen LogP contribution in [0.2, 0.25) is 0 Å². The minimum atomic E-state index is 0.182. The van der Waals surface area contributed by atoms with Crippen LogP contribution in [-0.4, -0.2) is 24.1 Å². The number of ether oxygens (including phenoxy) is 1. The number of hydrogen-bond acceptors (Lipinski definition) is 4. The summed E-state index contributed by atoms with van der Waals surface area (Å²) in [4.78, 5) is 0. The maximum absolute atomic E-state index is 9.58. The third-order valence-electron chi connectivity index (χ3n) is 2.62. The molecule has 0 atom stereocenters. The first-order valence-electron chi connectivity index (χ1n) is 6.37. The van der Waals surface area contributed by atoms with E-state index < -0.39 is 0 Å². The van der Waals surface area contributed by atoms with Crippen molar-refractivity contribution < 1.29 is 9.84 Å². The molecule has 0 aromatic heterocycles. The molecule has 2 rings (SSSR count). The Morgan fingerprint density at radius 1 is 0.950 bits per heavy atom. The van der Waals surface area contributed by atoms with Gasteiger partial charge in [0.25, 0.3) is 0 Å². The van der Waals surface area contributed by atoms with Gasteiger partial charge < -0.3 is 9.84 Å². The zero-order valence-electron chi connectivity index (χ0n) is 11.2.